The van der Waals surface area contributed by atoms with Gasteiger partial charge in [-0.05, 0) is 44.6 Å². The number of unbranched alkanes of at least 4 members (excludes halogenated alkanes) is 2. The minimum Gasteiger partial charge on any atom is -0.456 e. The van der Waals surface area contributed by atoms with Gasteiger partial charge in [-0.3, -0.25) is 19.3 Å². The van der Waals surface area contributed by atoms with Crippen molar-refractivity contribution in [2.75, 3.05) is 91.1 Å². The number of likely N-dealkylation sites (N-methyl/N-ethyl adjacent to an activating group) is 1. The number of fused-ring (bicyclic) bond motifs is 5. The first-order chi connectivity index (χ1) is 28.6. The predicted molar refractivity (Wildman–Crippen MR) is 235 cm³/mol. The molecule has 13 nitrogen and oxygen atoms in total. The number of anilines is 1. The van der Waals surface area contributed by atoms with Crippen LogP contribution in [0.15, 0.2) is 57.9 Å². The van der Waals surface area contributed by atoms with Crippen molar-refractivity contribution in [3.05, 3.63) is 70.3 Å². The fourth-order valence-electron chi connectivity index (χ4n) is 7.39. The average Bonchev–Trinajstić information content (AvgIpc) is 3.59. The lowest BCUT2D eigenvalue weighted by molar-refractivity contribution is -0.117. The summed E-state index contributed by atoms with van der Waals surface area (Å²) >= 11 is 0. The molecule has 320 valence electrons. The normalized spacial score (nSPS) is 13.4. The lowest BCUT2D eigenvalue weighted by Gasteiger charge is -2.29. The summed E-state index contributed by atoms with van der Waals surface area (Å²) in [5.41, 5.74) is 7.08. The minimum absolute atomic E-state index is 0.0568. The zero-order valence-corrected chi connectivity index (χ0v) is 35.6. The van der Waals surface area contributed by atoms with Crippen molar-refractivity contribution in [3.8, 4) is 17.2 Å². The van der Waals surface area contributed by atoms with Crippen molar-refractivity contribution in [1.82, 2.24) is 25.0 Å². The lowest BCUT2D eigenvalue weighted by Crippen LogP contribution is -2.40. The molecule has 0 atom stereocenters. The van der Waals surface area contributed by atoms with Gasteiger partial charge in [0.15, 0.2) is 17.3 Å². The number of halogens is 1. The Morgan fingerprint density at radius 1 is 0.898 bits per heavy atom. The number of aromatic nitrogens is 1. The fourth-order valence-corrected chi connectivity index (χ4v) is 7.39. The highest BCUT2D eigenvalue weighted by Crippen LogP contribution is 2.48. The number of hydrogen-bond donors (Lipinski definition) is 3. The Morgan fingerprint density at radius 2 is 1.66 bits per heavy atom. The number of primary amides is 1. The maximum atomic E-state index is 15.8. The SMILES string of the molecule is CC.CCCCCN(C)CCNC(=O)c1cn2c3c(c(N(C)CCC)c(F)cc3c1=O)Oc1cc3c(cc1-2)oc1ccccc13.NC(=O)CCNCCN1CCOCC1. The van der Waals surface area contributed by atoms with Crippen LogP contribution in [0.5, 0.6) is 11.5 Å². The maximum absolute atomic E-state index is 15.8. The molecule has 0 saturated carbocycles. The number of pyridine rings is 1. The highest BCUT2D eigenvalue weighted by Gasteiger charge is 2.30. The molecule has 4 N–H and O–H groups in total. The minimum atomic E-state index is -0.577. The molecule has 59 heavy (non-hydrogen) atoms. The topological polar surface area (TPSA) is 148 Å². The number of para-hydroxylation sites is 1. The number of amides is 2. The van der Waals surface area contributed by atoms with E-state index in [1.807, 2.05) is 64.2 Å². The Bertz CT molecular complexity index is 2250. The molecule has 1 saturated heterocycles. The monoisotopic (exact) mass is 815 g/mol. The molecule has 0 aliphatic carbocycles. The molecule has 1 fully saturated rings. The number of rotatable bonds is 17. The quantitative estimate of drug-likeness (QED) is 0.0857. The Morgan fingerprint density at radius 3 is 2.39 bits per heavy atom. The molecular formula is C45H62FN7O6. The van der Waals surface area contributed by atoms with Crippen molar-refractivity contribution in [1.29, 1.82) is 0 Å². The van der Waals surface area contributed by atoms with Gasteiger partial charge in [-0.15, -0.1) is 0 Å². The lowest BCUT2D eigenvalue weighted by atomic mass is 10.0. The second-order valence-electron chi connectivity index (χ2n) is 14.8. The van der Waals surface area contributed by atoms with E-state index >= 15 is 4.39 Å². The summed E-state index contributed by atoms with van der Waals surface area (Å²) in [5, 5.41) is 7.95. The summed E-state index contributed by atoms with van der Waals surface area (Å²) in [6.07, 6.45) is 6.17. The standard InChI is InChI=1S/C34H37FN4O4.C9H19N3O2.C2H6/c1-5-7-10-15-37(3)16-13-36-34(41)24-20-39-26-19-28-22(21-11-8-9-12-27(21)42-28)18-29(26)43-33-30(39)23(32(24)40)17-25(35)31(33)38(4)14-6-2;10-9(13)1-2-11-3-4-12-5-7-14-8-6-12;1-2/h8-9,11-12,17-20H,5-7,10,13-16H2,1-4H3,(H,36,41);11H,1-8H2,(H2,10,13);1-2H3. The second-order valence-corrected chi connectivity index (χ2v) is 14.8. The number of nitrogens with one attached hydrogen (secondary N) is 2. The van der Waals surface area contributed by atoms with Crippen LogP contribution >= 0.6 is 0 Å². The fraction of sp³-hybridized carbons (Fsp3) is 0.489. The molecule has 0 unspecified atom stereocenters. The van der Waals surface area contributed by atoms with Crippen LogP contribution in [0.1, 0.15) is 70.2 Å². The zero-order chi connectivity index (χ0) is 42.5. The van der Waals surface area contributed by atoms with Crippen LogP contribution in [-0.4, -0.2) is 112 Å². The highest BCUT2D eigenvalue weighted by molar-refractivity contribution is 6.07. The van der Waals surface area contributed by atoms with Gasteiger partial charge in [-0.25, -0.2) is 4.39 Å². The molecule has 2 aliphatic heterocycles. The smallest absolute Gasteiger partial charge is 0.256 e. The van der Waals surface area contributed by atoms with Crippen molar-refractivity contribution in [3.63, 3.8) is 0 Å². The molecule has 14 heteroatoms. The number of morpholine rings is 1. The molecule has 2 amide bonds. The largest absolute Gasteiger partial charge is 0.456 e. The molecule has 7 rings (SSSR count). The van der Waals surface area contributed by atoms with Crippen molar-refractivity contribution in [2.45, 2.75) is 59.8 Å². The van der Waals surface area contributed by atoms with E-state index in [0.717, 1.165) is 88.0 Å². The van der Waals surface area contributed by atoms with Gasteiger partial charge in [-0.1, -0.05) is 58.7 Å². The van der Waals surface area contributed by atoms with Crippen LogP contribution in [-0.2, 0) is 9.53 Å². The second kappa shape index (κ2) is 21.8. The Hall–Kier alpha value is -5.02. The molecule has 2 aliphatic rings. The van der Waals surface area contributed by atoms with E-state index in [-0.39, 0.29) is 28.3 Å². The van der Waals surface area contributed by atoms with Gasteiger partial charge in [0, 0.05) is 88.9 Å². The van der Waals surface area contributed by atoms with Crippen LogP contribution in [0.25, 0.3) is 38.5 Å². The molecule has 0 spiro atoms. The highest BCUT2D eigenvalue weighted by atomic mass is 19.1. The third-order valence-corrected chi connectivity index (χ3v) is 10.5. The van der Waals surface area contributed by atoms with Crippen LogP contribution < -0.4 is 31.4 Å². The summed E-state index contributed by atoms with van der Waals surface area (Å²) in [6, 6.07) is 12.7. The first kappa shape index (κ1) is 45.1. The number of furan rings is 1. The van der Waals surface area contributed by atoms with Crippen molar-refractivity contribution >= 4 is 50.3 Å². The van der Waals surface area contributed by atoms with E-state index in [1.54, 1.807) is 22.7 Å². The predicted octanol–water partition coefficient (Wildman–Crippen LogP) is 6.64. The van der Waals surface area contributed by atoms with Gasteiger partial charge in [0.05, 0.1) is 24.3 Å². The van der Waals surface area contributed by atoms with E-state index < -0.39 is 17.2 Å². The van der Waals surface area contributed by atoms with Crippen LogP contribution in [0.4, 0.5) is 10.1 Å². The van der Waals surface area contributed by atoms with Crippen LogP contribution in [0, 0.1) is 5.82 Å². The van der Waals surface area contributed by atoms with Crippen LogP contribution in [0.3, 0.4) is 0 Å². The molecule has 3 aromatic carbocycles. The number of nitrogens with two attached hydrogens (primary N) is 1. The molecular weight excluding hydrogens is 754 g/mol. The van der Waals surface area contributed by atoms with Gasteiger partial charge in [0.25, 0.3) is 5.91 Å². The Balaban J connectivity index is 0.000000350. The van der Waals surface area contributed by atoms with Gasteiger partial charge < -0.3 is 44.6 Å². The van der Waals surface area contributed by atoms with E-state index in [2.05, 4.69) is 27.4 Å². The third-order valence-electron chi connectivity index (χ3n) is 10.5. The average molecular weight is 816 g/mol. The number of nitrogens with zero attached hydrogens (tertiary/aromatic N) is 4. The Kier molecular flexibility index (Phi) is 16.7. The Labute approximate surface area is 346 Å². The molecule has 0 bridgehead atoms. The molecule has 4 heterocycles. The molecule has 0 radical (unpaired) electrons. The van der Waals surface area contributed by atoms with E-state index in [1.165, 1.54) is 6.07 Å². The summed E-state index contributed by atoms with van der Waals surface area (Å²) in [7, 11) is 3.82. The van der Waals surface area contributed by atoms with E-state index in [4.69, 9.17) is 19.6 Å². The van der Waals surface area contributed by atoms with Crippen LogP contribution in [0.2, 0.25) is 0 Å². The number of benzene rings is 3. The first-order valence-electron chi connectivity index (χ1n) is 21.1. The number of ether oxygens (including phenoxy) is 2. The first-order valence-corrected chi connectivity index (χ1v) is 21.1. The summed E-state index contributed by atoms with van der Waals surface area (Å²) < 4.78 is 35.4. The van der Waals surface area contributed by atoms with Crippen molar-refractivity contribution < 1.29 is 27.9 Å². The summed E-state index contributed by atoms with van der Waals surface area (Å²) in [5.74, 6) is -0.586. The number of hydrogen-bond acceptors (Lipinski definition) is 10. The number of carbonyl (C=O) groups excluding carboxylic acids is 2. The summed E-state index contributed by atoms with van der Waals surface area (Å²) in [6.45, 7) is 17.1. The molecule has 2 aromatic heterocycles. The van der Waals surface area contributed by atoms with E-state index in [9.17, 15) is 14.4 Å². The van der Waals surface area contributed by atoms with Gasteiger partial charge in [0.1, 0.15) is 27.9 Å². The van der Waals surface area contributed by atoms with Gasteiger partial charge >= 0.3 is 0 Å². The third kappa shape index (κ3) is 11.0. The summed E-state index contributed by atoms with van der Waals surface area (Å²) in [4.78, 5) is 43.9. The maximum Gasteiger partial charge on any atom is 0.256 e. The zero-order valence-electron chi connectivity index (χ0n) is 35.6. The van der Waals surface area contributed by atoms with Gasteiger partial charge in [-0.2, -0.15) is 0 Å². The van der Waals surface area contributed by atoms with Crippen molar-refractivity contribution in [2.24, 2.45) is 5.73 Å². The number of carbonyl (C=O) groups is 2. The van der Waals surface area contributed by atoms with Gasteiger partial charge in [0.2, 0.25) is 11.3 Å². The van der Waals surface area contributed by atoms with E-state index in [0.29, 0.717) is 55.1 Å². The molecule has 5 aromatic rings.